The number of hydrogen-bond donors (Lipinski definition) is 0. The zero-order valence-corrected chi connectivity index (χ0v) is 31.3. The average molecular weight is 863 g/mol. The van der Waals surface area contributed by atoms with Gasteiger partial charge in [-0.1, -0.05) is 84.9 Å². The van der Waals surface area contributed by atoms with Crippen molar-refractivity contribution >= 4 is 43.6 Å². The van der Waals surface area contributed by atoms with E-state index in [1.807, 2.05) is 0 Å². The number of hydrogen-bond acceptors (Lipinski definition) is 2. The Kier molecular flexibility index (Phi) is 9.05. The molecule has 0 spiro atoms. The standard InChI is InChI=1S/C46H26F12N4/c47-43(48,49)41(44(50,51)52,29-13-17-31(18-14-29)61-37-7-3-1-5-33(37)35-25-59-23-21-39(35)61)27-9-11-28(12-10-27)42(45(53,54)55,46(56,57)58)30-15-19-32(20-16-30)62-38-8-4-2-6-34(38)36-26-60-24-22-40(36)62/h1-26H. The lowest BCUT2D eigenvalue weighted by molar-refractivity contribution is -0.291. The summed E-state index contributed by atoms with van der Waals surface area (Å²) in [5.74, 6) is 0. The van der Waals surface area contributed by atoms with Crippen LogP contribution in [0.2, 0.25) is 0 Å². The summed E-state index contributed by atoms with van der Waals surface area (Å²) in [6, 6.07) is 23.6. The maximum Gasteiger partial charge on any atom is 0.411 e. The molecule has 4 aromatic heterocycles. The molecule has 16 heteroatoms. The van der Waals surface area contributed by atoms with Crippen molar-refractivity contribution < 1.29 is 52.7 Å². The molecular formula is C46H26F12N4. The minimum atomic E-state index is -6.20. The quantitative estimate of drug-likeness (QED) is 0.156. The van der Waals surface area contributed by atoms with Crippen LogP contribution >= 0.6 is 0 Å². The van der Waals surface area contributed by atoms with Crippen molar-refractivity contribution in [2.75, 3.05) is 0 Å². The lowest BCUT2D eigenvalue weighted by Gasteiger charge is -2.40. The lowest BCUT2D eigenvalue weighted by atomic mass is 9.69. The highest BCUT2D eigenvalue weighted by Crippen LogP contribution is 2.59. The fraction of sp³-hybridized carbons (Fsp3) is 0.130. The van der Waals surface area contributed by atoms with Crippen LogP contribution in [-0.2, 0) is 10.8 Å². The molecule has 0 N–H and O–H groups in total. The summed E-state index contributed by atoms with van der Waals surface area (Å²) in [7, 11) is 0. The van der Waals surface area contributed by atoms with Crippen molar-refractivity contribution in [3.8, 4) is 11.4 Å². The van der Waals surface area contributed by atoms with Gasteiger partial charge in [-0.25, -0.2) is 0 Å². The van der Waals surface area contributed by atoms with Crippen LogP contribution < -0.4 is 0 Å². The van der Waals surface area contributed by atoms with E-state index in [1.165, 1.54) is 12.4 Å². The van der Waals surface area contributed by atoms with Crippen LogP contribution in [0, 0.1) is 0 Å². The van der Waals surface area contributed by atoms with Crippen molar-refractivity contribution in [2.24, 2.45) is 0 Å². The number of alkyl halides is 12. The molecule has 0 atom stereocenters. The van der Waals surface area contributed by atoms with Crippen molar-refractivity contribution in [3.63, 3.8) is 0 Å². The Morgan fingerprint density at radius 2 is 0.581 bits per heavy atom. The third-order valence-electron chi connectivity index (χ3n) is 11.5. The first-order valence-corrected chi connectivity index (χ1v) is 18.6. The summed E-state index contributed by atoms with van der Waals surface area (Å²) in [5, 5.41) is 2.70. The normalized spacial score (nSPS) is 13.5. The fourth-order valence-corrected chi connectivity index (χ4v) is 8.84. The van der Waals surface area contributed by atoms with Crippen molar-refractivity contribution in [1.29, 1.82) is 0 Å². The van der Waals surface area contributed by atoms with Crippen LogP contribution in [0.25, 0.3) is 55.0 Å². The van der Waals surface area contributed by atoms with Gasteiger partial charge in [-0.15, -0.1) is 0 Å². The fourth-order valence-electron chi connectivity index (χ4n) is 8.84. The van der Waals surface area contributed by atoms with Gasteiger partial charge in [0.1, 0.15) is 0 Å². The Morgan fingerprint density at radius 1 is 0.306 bits per heavy atom. The molecule has 0 unspecified atom stereocenters. The molecule has 4 heterocycles. The highest BCUT2D eigenvalue weighted by atomic mass is 19.4. The number of pyridine rings is 2. The Balaban J connectivity index is 1.18. The molecule has 0 saturated carbocycles. The van der Waals surface area contributed by atoms with Gasteiger partial charge < -0.3 is 9.13 Å². The maximum absolute atomic E-state index is 15.3. The average Bonchev–Trinajstić information content (AvgIpc) is 3.74. The second kappa shape index (κ2) is 13.8. The van der Waals surface area contributed by atoms with Crippen LogP contribution in [0.15, 0.2) is 158 Å². The van der Waals surface area contributed by atoms with Crippen LogP contribution in [-0.4, -0.2) is 43.8 Å². The first-order valence-electron chi connectivity index (χ1n) is 18.6. The summed E-state index contributed by atoms with van der Waals surface area (Å²) in [4.78, 5) is 8.22. The topological polar surface area (TPSA) is 35.6 Å². The third-order valence-corrected chi connectivity index (χ3v) is 11.5. The monoisotopic (exact) mass is 862 g/mol. The predicted octanol–water partition coefficient (Wildman–Crippen LogP) is 13.5. The first-order chi connectivity index (χ1) is 29.3. The number of para-hydroxylation sites is 2. The number of fused-ring (bicyclic) bond motifs is 6. The van der Waals surface area contributed by atoms with Crippen molar-refractivity contribution in [3.05, 3.63) is 181 Å². The Hall–Kier alpha value is -6.84. The van der Waals surface area contributed by atoms with Gasteiger partial charge in [-0.3, -0.25) is 9.97 Å². The molecule has 0 bridgehead atoms. The van der Waals surface area contributed by atoms with E-state index < -0.39 is 57.8 Å². The van der Waals surface area contributed by atoms with E-state index >= 15 is 52.7 Å². The van der Waals surface area contributed by atoms with E-state index in [-0.39, 0.29) is 35.6 Å². The van der Waals surface area contributed by atoms with E-state index in [9.17, 15) is 0 Å². The summed E-state index contributed by atoms with van der Waals surface area (Å²) in [6.45, 7) is 0. The SMILES string of the molecule is FC(F)(F)C(c1ccc(-n2c3ccccc3c3cnccc32)cc1)(c1ccc(C(c2ccc(-n3c4ccccc4c4cnccc43)cc2)(C(F)(F)F)C(F)(F)F)cc1)C(F)(F)F. The molecule has 0 radical (unpaired) electrons. The van der Waals surface area contributed by atoms with Gasteiger partial charge in [-0.05, 0) is 70.8 Å². The van der Waals surface area contributed by atoms with Gasteiger partial charge in [0.05, 0.1) is 22.1 Å². The highest BCUT2D eigenvalue weighted by Gasteiger charge is 2.74. The molecule has 4 nitrogen and oxygen atoms in total. The van der Waals surface area contributed by atoms with Crippen molar-refractivity contribution in [1.82, 2.24) is 19.1 Å². The summed E-state index contributed by atoms with van der Waals surface area (Å²) in [6.07, 6.45) is -18.8. The van der Waals surface area contributed by atoms with Gasteiger partial charge in [0, 0.05) is 57.7 Å². The summed E-state index contributed by atoms with van der Waals surface area (Å²) in [5.41, 5.74) is -13.3. The molecule has 0 aliphatic heterocycles. The van der Waals surface area contributed by atoms with Crippen LogP contribution in [0.4, 0.5) is 52.7 Å². The molecule has 0 saturated heterocycles. The number of benzene rings is 5. The zero-order chi connectivity index (χ0) is 44.0. The van der Waals surface area contributed by atoms with E-state index in [2.05, 4.69) is 9.97 Å². The smallest absolute Gasteiger partial charge is 0.309 e. The molecule has 314 valence electrons. The molecular weight excluding hydrogens is 837 g/mol. The summed E-state index contributed by atoms with van der Waals surface area (Å²) >= 11 is 0. The maximum atomic E-state index is 15.3. The number of rotatable bonds is 6. The second-order valence-corrected chi connectivity index (χ2v) is 14.7. The van der Waals surface area contributed by atoms with Gasteiger partial charge in [0.25, 0.3) is 0 Å². The number of halogens is 12. The Labute approximate surface area is 342 Å². The largest absolute Gasteiger partial charge is 0.411 e. The van der Waals surface area contributed by atoms with Gasteiger partial charge in [0.2, 0.25) is 10.8 Å². The van der Waals surface area contributed by atoms with E-state index in [4.69, 9.17) is 0 Å². The molecule has 0 aliphatic rings. The first kappa shape index (κ1) is 40.6. The number of aromatic nitrogens is 4. The van der Waals surface area contributed by atoms with Crippen molar-refractivity contribution in [2.45, 2.75) is 35.5 Å². The van der Waals surface area contributed by atoms with Crippen LogP contribution in [0.1, 0.15) is 22.3 Å². The minimum Gasteiger partial charge on any atom is -0.309 e. The number of nitrogens with zero attached hydrogens (tertiary/aromatic N) is 4. The summed E-state index contributed by atoms with van der Waals surface area (Å²) < 4.78 is 186. The van der Waals surface area contributed by atoms with E-state index in [0.717, 1.165) is 24.3 Å². The Morgan fingerprint density at radius 3 is 0.887 bits per heavy atom. The van der Waals surface area contributed by atoms with Crippen LogP contribution in [0.5, 0.6) is 0 Å². The molecule has 0 aliphatic carbocycles. The third kappa shape index (κ3) is 5.71. The lowest BCUT2D eigenvalue weighted by Crippen LogP contribution is -2.55. The van der Waals surface area contributed by atoms with Gasteiger partial charge >= 0.3 is 24.7 Å². The van der Waals surface area contributed by atoms with E-state index in [0.29, 0.717) is 67.9 Å². The van der Waals surface area contributed by atoms with E-state index in [1.54, 1.807) is 82.2 Å². The predicted molar refractivity (Wildman–Crippen MR) is 209 cm³/mol. The van der Waals surface area contributed by atoms with Crippen LogP contribution in [0.3, 0.4) is 0 Å². The molecule has 62 heavy (non-hydrogen) atoms. The Bertz CT molecular complexity index is 2770. The minimum absolute atomic E-state index is 0.0247. The second-order valence-electron chi connectivity index (χ2n) is 14.7. The molecule has 9 rings (SSSR count). The molecule has 9 aromatic rings. The molecule has 0 amide bonds. The highest BCUT2D eigenvalue weighted by molar-refractivity contribution is 6.09. The molecule has 0 fully saturated rings. The van der Waals surface area contributed by atoms with Gasteiger partial charge in [0.15, 0.2) is 0 Å². The van der Waals surface area contributed by atoms with Gasteiger partial charge in [-0.2, -0.15) is 52.7 Å². The molecule has 5 aromatic carbocycles. The zero-order valence-electron chi connectivity index (χ0n) is 31.3.